The molecular formula is C17H15F8N3O3S. The molecule has 1 atom stereocenters. The molecule has 0 spiro atoms. The number of carbonyl (C=O) groups is 1. The van der Waals surface area contributed by atoms with Crippen LogP contribution in [0, 0.1) is 5.82 Å². The number of alkyl halides is 7. The molecule has 0 fully saturated rings. The Hall–Kier alpha value is -2.68. The van der Waals surface area contributed by atoms with E-state index in [9.17, 15) is 48.3 Å². The van der Waals surface area contributed by atoms with Gasteiger partial charge in [-0.1, -0.05) is 0 Å². The maximum Gasteiger partial charge on any atom is 0.404 e. The van der Waals surface area contributed by atoms with E-state index in [0.29, 0.717) is 35.9 Å². The molecule has 1 amide bonds. The lowest BCUT2D eigenvalue weighted by molar-refractivity contribution is -0.147. The summed E-state index contributed by atoms with van der Waals surface area (Å²) in [4.78, 5) is 11.5. The van der Waals surface area contributed by atoms with Crippen LogP contribution in [0.4, 0.5) is 40.8 Å². The molecule has 6 nitrogen and oxygen atoms in total. The molecule has 2 aromatic rings. The molecular weight excluding hydrogens is 478 g/mol. The molecule has 2 N–H and O–H groups in total. The zero-order valence-electron chi connectivity index (χ0n) is 15.9. The van der Waals surface area contributed by atoms with Gasteiger partial charge in [-0.2, -0.15) is 17.9 Å². The first kappa shape index (κ1) is 25.6. The number of hydrogen-bond acceptors (Lipinski definition) is 3. The monoisotopic (exact) mass is 493 g/mol. The van der Waals surface area contributed by atoms with Crippen LogP contribution in [0.3, 0.4) is 0 Å². The summed E-state index contributed by atoms with van der Waals surface area (Å²) in [5.41, 5.74) is -2.13. The van der Waals surface area contributed by atoms with Gasteiger partial charge < -0.3 is 9.88 Å². The minimum absolute atomic E-state index is 0.357. The van der Waals surface area contributed by atoms with E-state index in [-0.39, 0.29) is 5.69 Å². The quantitative estimate of drug-likeness (QED) is 0.538. The summed E-state index contributed by atoms with van der Waals surface area (Å²) in [6, 6.07) is 0.121. The smallest absolute Gasteiger partial charge is 0.336 e. The summed E-state index contributed by atoms with van der Waals surface area (Å²) in [5, 5.41) is 2.02. The first-order valence-electron chi connectivity index (χ1n) is 8.58. The molecule has 1 heterocycles. The number of aromatic nitrogens is 1. The van der Waals surface area contributed by atoms with E-state index < -0.39 is 69.5 Å². The first-order chi connectivity index (χ1) is 14.6. The Labute approximate surface area is 176 Å². The molecule has 0 saturated carbocycles. The van der Waals surface area contributed by atoms with Crippen LogP contribution >= 0.6 is 0 Å². The van der Waals surface area contributed by atoms with Crippen molar-refractivity contribution in [3.63, 3.8) is 0 Å². The molecule has 0 saturated heterocycles. The predicted molar refractivity (Wildman–Crippen MR) is 95.6 cm³/mol. The van der Waals surface area contributed by atoms with E-state index in [1.807, 2.05) is 5.32 Å². The third-order valence-corrected chi connectivity index (χ3v) is 5.57. The average molecular weight is 493 g/mol. The average Bonchev–Trinajstić information content (AvgIpc) is 3.06. The van der Waals surface area contributed by atoms with Gasteiger partial charge in [-0.3, -0.25) is 4.79 Å². The van der Waals surface area contributed by atoms with Gasteiger partial charge in [0.05, 0.1) is 12.1 Å². The van der Waals surface area contributed by atoms with Gasteiger partial charge in [0, 0.05) is 11.9 Å². The molecule has 1 aromatic carbocycles. The normalized spacial score (nSPS) is 13.6. The van der Waals surface area contributed by atoms with Crippen molar-refractivity contribution in [2.45, 2.75) is 43.4 Å². The van der Waals surface area contributed by atoms with E-state index in [1.165, 1.54) is 4.72 Å². The van der Waals surface area contributed by atoms with Crippen LogP contribution in [0.25, 0.3) is 0 Å². The first-order valence-corrected chi connectivity index (χ1v) is 10.1. The zero-order valence-corrected chi connectivity index (χ0v) is 16.7. The predicted octanol–water partition coefficient (Wildman–Crippen LogP) is 4.31. The van der Waals surface area contributed by atoms with Gasteiger partial charge in [-0.15, -0.1) is 0 Å². The van der Waals surface area contributed by atoms with Crippen molar-refractivity contribution in [1.82, 2.24) is 9.29 Å². The second kappa shape index (κ2) is 9.44. The number of nitrogens with zero attached hydrogens (tertiary/aromatic N) is 1. The van der Waals surface area contributed by atoms with Crippen molar-refractivity contribution in [2.24, 2.45) is 0 Å². The summed E-state index contributed by atoms with van der Waals surface area (Å²) in [6.45, 7) is -0.685. The minimum Gasteiger partial charge on any atom is -0.336 e. The number of nitrogens with one attached hydrogen (secondary N) is 2. The fourth-order valence-corrected chi connectivity index (χ4v) is 3.74. The van der Waals surface area contributed by atoms with Crippen LogP contribution in [-0.4, -0.2) is 37.5 Å². The van der Waals surface area contributed by atoms with Crippen LogP contribution in [-0.2, 0) is 16.6 Å². The summed E-state index contributed by atoms with van der Waals surface area (Å²) < 4.78 is 129. The highest BCUT2D eigenvalue weighted by atomic mass is 32.2. The van der Waals surface area contributed by atoms with Gasteiger partial charge in [0.2, 0.25) is 10.0 Å². The van der Waals surface area contributed by atoms with Crippen molar-refractivity contribution in [3.05, 3.63) is 47.5 Å². The van der Waals surface area contributed by atoms with Crippen LogP contribution in [0.5, 0.6) is 0 Å². The van der Waals surface area contributed by atoms with Gasteiger partial charge >= 0.3 is 6.18 Å². The highest BCUT2D eigenvalue weighted by molar-refractivity contribution is 7.89. The lowest BCUT2D eigenvalue weighted by Crippen LogP contribution is -2.42. The molecule has 0 radical (unpaired) electrons. The third kappa shape index (κ3) is 6.18. The largest absolute Gasteiger partial charge is 0.404 e. The Morgan fingerprint density at radius 2 is 1.75 bits per heavy atom. The van der Waals surface area contributed by atoms with Crippen molar-refractivity contribution >= 4 is 21.6 Å². The molecule has 2 rings (SSSR count). The highest BCUT2D eigenvalue weighted by Gasteiger charge is 2.39. The number of halogens is 8. The lowest BCUT2D eigenvalue weighted by Gasteiger charge is -2.16. The Balaban J connectivity index is 2.39. The summed E-state index contributed by atoms with van der Waals surface area (Å²) in [7, 11) is -4.87. The molecule has 0 unspecified atom stereocenters. The van der Waals surface area contributed by atoms with E-state index in [2.05, 4.69) is 0 Å². The number of sulfonamides is 1. The molecule has 0 aliphatic carbocycles. The van der Waals surface area contributed by atoms with E-state index in [0.717, 1.165) is 6.07 Å². The number of anilines is 1. The van der Waals surface area contributed by atoms with E-state index >= 15 is 0 Å². The Bertz CT molecular complexity index is 1080. The van der Waals surface area contributed by atoms with Crippen molar-refractivity contribution in [1.29, 1.82) is 0 Å². The van der Waals surface area contributed by atoms with Gasteiger partial charge in [-0.05, 0) is 31.2 Å². The van der Waals surface area contributed by atoms with Gasteiger partial charge in [0.15, 0.2) is 0 Å². The van der Waals surface area contributed by atoms with Crippen molar-refractivity contribution in [2.75, 3.05) is 5.32 Å². The Morgan fingerprint density at radius 1 is 1.12 bits per heavy atom. The maximum absolute atomic E-state index is 13.4. The molecule has 0 aliphatic rings. The fraction of sp³-hybridized carbons (Fsp3) is 0.353. The maximum atomic E-state index is 13.4. The summed E-state index contributed by atoms with van der Waals surface area (Å²) >= 11 is 0. The highest BCUT2D eigenvalue weighted by Crippen LogP contribution is 2.26. The van der Waals surface area contributed by atoms with E-state index in [4.69, 9.17) is 0 Å². The molecule has 32 heavy (non-hydrogen) atoms. The standard InChI is InChI=1S/C17H15F8N3O3S/c1-8(17(23,24)25)27-32(30,31)10-5-13(28(6-10)7-14(19)20)16(29)26-9-2-3-12(18)11(4-9)15(21)22/h2-6,8,14-15,27H,7H2,1H3,(H,26,29)/t8-/m1/s1. The number of amides is 1. The number of rotatable bonds is 8. The van der Waals surface area contributed by atoms with Gasteiger partial charge in [-0.25, -0.2) is 30.4 Å². The van der Waals surface area contributed by atoms with Crippen LogP contribution in [0.1, 0.15) is 29.4 Å². The fourth-order valence-electron chi connectivity index (χ4n) is 2.47. The molecule has 0 bridgehead atoms. The van der Waals surface area contributed by atoms with Crippen LogP contribution in [0.15, 0.2) is 35.4 Å². The van der Waals surface area contributed by atoms with Crippen molar-refractivity contribution in [3.8, 4) is 0 Å². The number of carbonyl (C=O) groups excluding carboxylic acids is 1. The molecule has 0 aliphatic heterocycles. The van der Waals surface area contributed by atoms with Crippen LogP contribution < -0.4 is 10.0 Å². The second-order valence-electron chi connectivity index (χ2n) is 6.48. The van der Waals surface area contributed by atoms with Gasteiger partial charge in [0.1, 0.15) is 22.4 Å². The molecule has 1 aromatic heterocycles. The topological polar surface area (TPSA) is 80.2 Å². The van der Waals surface area contributed by atoms with Gasteiger partial charge in [0.25, 0.3) is 18.8 Å². The lowest BCUT2D eigenvalue weighted by atomic mass is 10.2. The van der Waals surface area contributed by atoms with E-state index in [1.54, 1.807) is 0 Å². The molecule has 15 heteroatoms. The number of hydrogen-bond donors (Lipinski definition) is 2. The SMILES string of the molecule is C[C@@H](NS(=O)(=O)c1cc(C(=O)Nc2ccc(F)c(C(F)F)c2)n(CC(F)F)c1)C(F)(F)F. The zero-order chi connectivity index (χ0) is 24.4. The summed E-state index contributed by atoms with van der Waals surface area (Å²) in [5.74, 6) is -2.51. The summed E-state index contributed by atoms with van der Waals surface area (Å²) in [6.07, 6.45) is -10.7. The molecule has 178 valence electrons. The Morgan fingerprint density at radius 3 is 2.28 bits per heavy atom. The third-order valence-electron chi connectivity index (χ3n) is 4.06. The van der Waals surface area contributed by atoms with Crippen molar-refractivity contribution < 1.29 is 48.3 Å². The second-order valence-corrected chi connectivity index (χ2v) is 8.19. The minimum atomic E-state index is -4.94. The Kier molecular flexibility index (Phi) is 7.55. The number of benzene rings is 1. The van der Waals surface area contributed by atoms with Crippen LogP contribution in [0.2, 0.25) is 0 Å².